The summed E-state index contributed by atoms with van der Waals surface area (Å²) in [6.45, 7) is 6.26. The maximum atomic E-state index is 10.9. The monoisotopic (exact) mass is 326 g/mol. The molecule has 0 saturated carbocycles. The number of benzene rings is 1. The summed E-state index contributed by atoms with van der Waals surface area (Å²) in [7, 11) is 2.15. The van der Waals surface area contributed by atoms with Crippen molar-refractivity contribution in [3.05, 3.63) is 33.8 Å². The van der Waals surface area contributed by atoms with Crippen LogP contribution in [0.1, 0.15) is 22.8 Å². The largest absolute Gasteiger partial charge is 0.478 e. The van der Waals surface area contributed by atoms with E-state index in [4.69, 9.17) is 5.11 Å². The van der Waals surface area contributed by atoms with Gasteiger partial charge >= 0.3 is 5.97 Å². The molecule has 1 aromatic carbocycles. The Labute approximate surface area is 122 Å². The van der Waals surface area contributed by atoms with Crippen molar-refractivity contribution in [3.63, 3.8) is 0 Å². The first-order valence-corrected chi connectivity index (χ1v) is 7.21. The van der Waals surface area contributed by atoms with Crippen LogP contribution in [0.15, 0.2) is 22.7 Å². The molecule has 0 radical (unpaired) electrons. The van der Waals surface area contributed by atoms with Gasteiger partial charge in [-0.15, -0.1) is 0 Å². The van der Waals surface area contributed by atoms with Gasteiger partial charge in [0.15, 0.2) is 0 Å². The van der Waals surface area contributed by atoms with Gasteiger partial charge in [-0.25, -0.2) is 4.79 Å². The van der Waals surface area contributed by atoms with Crippen LogP contribution in [0.5, 0.6) is 0 Å². The minimum absolute atomic E-state index is 0.322. The molecular formula is C14H19BrN2O2. The first-order chi connectivity index (χ1) is 8.97. The normalized spacial score (nSPS) is 21.5. The number of nitrogens with zero attached hydrogens (tertiary/aromatic N) is 2. The Morgan fingerprint density at radius 3 is 2.79 bits per heavy atom. The third-order valence-electron chi connectivity index (χ3n) is 3.74. The smallest absolute Gasteiger partial charge is 0.335 e. The second kappa shape index (κ2) is 6.03. The summed E-state index contributed by atoms with van der Waals surface area (Å²) in [6, 6.07) is 5.81. The Hall–Kier alpha value is -0.910. The molecule has 19 heavy (non-hydrogen) atoms. The molecule has 1 saturated heterocycles. The Kier molecular flexibility index (Phi) is 4.60. The van der Waals surface area contributed by atoms with Crippen LogP contribution in [0.25, 0.3) is 0 Å². The predicted octanol–water partition coefficient (Wildman–Crippen LogP) is 2.28. The average Bonchev–Trinajstić information content (AvgIpc) is 2.36. The Balaban J connectivity index is 2.05. The van der Waals surface area contributed by atoms with E-state index in [9.17, 15) is 4.79 Å². The first-order valence-electron chi connectivity index (χ1n) is 6.41. The van der Waals surface area contributed by atoms with Gasteiger partial charge < -0.3 is 10.0 Å². The lowest BCUT2D eigenvalue weighted by Crippen LogP contribution is -2.49. The van der Waals surface area contributed by atoms with E-state index >= 15 is 0 Å². The molecule has 0 aromatic heterocycles. The highest BCUT2D eigenvalue weighted by Crippen LogP contribution is 2.21. The molecule has 4 nitrogen and oxygen atoms in total. The van der Waals surface area contributed by atoms with Crippen LogP contribution >= 0.6 is 15.9 Å². The minimum atomic E-state index is -0.888. The number of carbonyl (C=O) groups is 1. The van der Waals surface area contributed by atoms with E-state index in [-0.39, 0.29) is 0 Å². The number of carboxylic acid groups (broad SMARTS) is 1. The van der Waals surface area contributed by atoms with E-state index in [1.807, 2.05) is 6.07 Å². The van der Waals surface area contributed by atoms with Crippen molar-refractivity contribution in [2.45, 2.75) is 19.5 Å². The third kappa shape index (κ3) is 3.55. The standard InChI is InChI=1S/C14H19BrN2O2/c1-10-8-17(6-5-16(10)2)9-12-4-3-11(14(18)19)7-13(12)15/h3-4,7,10H,5-6,8-9H2,1-2H3,(H,18,19). The fourth-order valence-corrected chi connectivity index (χ4v) is 2.82. The van der Waals surface area contributed by atoms with E-state index in [1.54, 1.807) is 12.1 Å². The number of aromatic carboxylic acids is 1. The van der Waals surface area contributed by atoms with Crippen molar-refractivity contribution in [1.29, 1.82) is 0 Å². The molecule has 1 N–H and O–H groups in total. The van der Waals surface area contributed by atoms with E-state index in [0.29, 0.717) is 11.6 Å². The van der Waals surface area contributed by atoms with Gasteiger partial charge in [0.05, 0.1) is 5.56 Å². The zero-order valence-electron chi connectivity index (χ0n) is 11.3. The lowest BCUT2D eigenvalue weighted by atomic mass is 10.1. The molecule has 0 aliphatic carbocycles. The number of likely N-dealkylation sites (N-methyl/N-ethyl adjacent to an activating group) is 1. The van der Waals surface area contributed by atoms with Gasteiger partial charge in [0, 0.05) is 36.7 Å². The van der Waals surface area contributed by atoms with Crippen LogP contribution in [0.4, 0.5) is 0 Å². The molecule has 104 valence electrons. The summed E-state index contributed by atoms with van der Waals surface area (Å²) in [5.41, 5.74) is 1.46. The highest BCUT2D eigenvalue weighted by molar-refractivity contribution is 9.10. The van der Waals surface area contributed by atoms with Crippen LogP contribution in [0.2, 0.25) is 0 Å². The Morgan fingerprint density at radius 1 is 1.47 bits per heavy atom. The van der Waals surface area contributed by atoms with Gasteiger partial charge in [-0.3, -0.25) is 4.90 Å². The molecule has 1 aromatic rings. The molecule has 0 bridgehead atoms. The van der Waals surface area contributed by atoms with Crippen LogP contribution in [0.3, 0.4) is 0 Å². The summed E-state index contributed by atoms with van der Waals surface area (Å²) in [4.78, 5) is 15.7. The molecule has 1 heterocycles. The number of rotatable bonds is 3. The number of carboxylic acids is 1. The Bertz CT molecular complexity index is 479. The van der Waals surface area contributed by atoms with Crippen molar-refractivity contribution in [2.75, 3.05) is 26.7 Å². The SMILES string of the molecule is CC1CN(Cc2ccc(C(=O)O)cc2Br)CCN1C. The molecule has 1 aliphatic heterocycles. The molecule has 0 spiro atoms. The molecule has 1 aliphatic rings. The first kappa shape index (κ1) is 14.5. The van der Waals surface area contributed by atoms with Gasteiger partial charge in [-0.1, -0.05) is 22.0 Å². The fraction of sp³-hybridized carbons (Fsp3) is 0.500. The summed E-state index contributed by atoms with van der Waals surface area (Å²) in [5.74, 6) is -0.888. The van der Waals surface area contributed by atoms with Crippen LogP contribution in [-0.2, 0) is 6.54 Å². The molecule has 0 amide bonds. The quantitative estimate of drug-likeness (QED) is 0.925. The minimum Gasteiger partial charge on any atom is -0.478 e. The average molecular weight is 327 g/mol. The topological polar surface area (TPSA) is 43.8 Å². The highest BCUT2D eigenvalue weighted by Gasteiger charge is 2.21. The maximum Gasteiger partial charge on any atom is 0.335 e. The summed E-state index contributed by atoms with van der Waals surface area (Å²) >= 11 is 3.47. The van der Waals surface area contributed by atoms with E-state index in [0.717, 1.165) is 36.2 Å². The van der Waals surface area contributed by atoms with Crippen LogP contribution in [0, 0.1) is 0 Å². The number of halogens is 1. The van der Waals surface area contributed by atoms with Crippen molar-refractivity contribution in [2.24, 2.45) is 0 Å². The highest BCUT2D eigenvalue weighted by atomic mass is 79.9. The van der Waals surface area contributed by atoms with Gasteiger partial charge in [0.25, 0.3) is 0 Å². The summed E-state index contributed by atoms with van der Waals surface area (Å²) in [5, 5.41) is 8.95. The zero-order chi connectivity index (χ0) is 14.0. The lowest BCUT2D eigenvalue weighted by molar-refractivity contribution is 0.0696. The van der Waals surface area contributed by atoms with Gasteiger partial charge in [0.2, 0.25) is 0 Å². The van der Waals surface area contributed by atoms with Crippen LogP contribution < -0.4 is 0 Å². The van der Waals surface area contributed by atoms with E-state index in [2.05, 4.69) is 39.7 Å². The number of hydrogen-bond donors (Lipinski definition) is 1. The van der Waals surface area contributed by atoms with Gasteiger partial charge in [-0.2, -0.15) is 0 Å². The molecular weight excluding hydrogens is 308 g/mol. The second-order valence-corrected chi connectivity index (χ2v) is 6.03. The van der Waals surface area contributed by atoms with Crippen molar-refractivity contribution < 1.29 is 9.90 Å². The summed E-state index contributed by atoms with van der Waals surface area (Å²) in [6.07, 6.45) is 0. The summed E-state index contributed by atoms with van der Waals surface area (Å²) < 4.78 is 0.874. The van der Waals surface area contributed by atoms with Crippen molar-refractivity contribution in [3.8, 4) is 0 Å². The van der Waals surface area contributed by atoms with Crippen molar-refractivity contribution >= 4 is 21.9 Å². The Morgan fingerprint density at radius 2 is 2.21 bits per heavy atom. The molecule has 1 atom stereocenters. The number of hydrogen-bond acceptors (Lipinski definition) is 3. The molecule has 1 unspecified atom stereocenters. The molecule has 1 fully saturated rings. The van der Waals surface area contributed by atoms with Crippen LogP contribution in [-0.4, -0.2) is 53.6 Å². The number of piperazine rings is 1. The van der Waals surface area contributed by atoms with E-state index in [1.165, 1.54) is 0 Å². The van der Waals surface area contributed by atoms with Gasteiger partial charge in [0.1, 0.15) is 0 Å². The molecule has 5 heteroatoms. The molecule has 2 rings (SSSR count). The predicted molar refractivity (Wildman–Crippen MR) is 78.5 cm³/mol. The van der Waals surface area contributed by atoms with Crippen molar-refractivity contribution in [1.82, 2.24) is 9.80 Å². The zero-order valence-corrected chi connectivity index (χ0v) is 12.9. The maximum absolute atomic E-state index is 10.9. The lowest BCUT2D eigenvalue weighted by Gasteiger charge is -2.37. The second-order valence-electron chi connectivity index (χ2n) is 5.18. The van der Waals surface area contributed by atoms with Gasteiger partial charge in [-0.05, 0) is 31.7 Å². The fourth-order valence-electron chi connectivity index (χ4n) is 2.32. The van der Waals surface area contributed by atoms with E-state index < -0.39 is 5.97 Å². The third-order valence-corrected chi connectivity index (χ3v) is 4.48.